The molecule has 0 radical (unpaired) electrons. The van der Waals surface area contributed by atoms with Crippen LogP contribution in [-0.2, 0) is 6.42 Å². The molecular formula is C26H24O4. The summed E-state index contributed by atoms with van der Waals surface area (Å²) in [6.45, 7) is 2.13. The van der Waals surface area contributed by atoms with Gasteiger partial charge in [0.25, 0.3) is 0 Å². The van der Waals surface area contributed by atoms with Crippen LogP contribution in [0.1, 0.15) is 12.5 Å². The van der Waals surface area contributed by atoms with Crippen LogP contribution in [0, 0.1) is 0 Å². The number of methoxy groups -OCH3 is 2. The van der Waals surface area contributed by atoms with Crippen molar-refractivity contribution in [2.24, 2.45) is 0 Å². The van der Waals surface area contributed by atoms with Gasteiger partial charge in [0.1, 0.15) is 28.8 Å². The van der Waals surface area contributed by atoms with E-state index in [1.807, 2.05) is 60.7 Å². The van der Waals surface area contributed by atoms with Crippen LogP contribution in [-0.4, -0.2) is 19.3 Å². The number of benzene rings is 3. The summed E-state index contributed by atoms with van der Waals surface area (Å²) in [5.74, 6) is 3.46. The number of phenols is 1. The molecule has 4 heteroatoms. The second-order valence-corrected chi connectivity index (χ2v) is 6.97. The molecule has 1 N–H and O–H groups in total. The second kappa shape index (κ2) is 8.37. The maximum atomic E-state index is 9.72. The number of hydrogen-bond acceptors (Lipinski definition) is 4. The highest BCUT2D eigenvalue weighted by Gasteiger charge is 2.23. The van der Waals surface area contributed by atoms with Crippen LogP contribution in [0.5, 0.6) is 17.2 Å². The third-order valence-electron chi connectivity index (χ3n) is 5.22. The van der Waals surface area contributed by atoms with E-state index < -0.39 is 0 Å². The molecule has 0 aliphatic carbocycles. The monoisotopic (exact) mass is 400 g/mol. The Labute approximate surface area is 176 Å². The summed E-state index contributed by atoms with van der Waals surface area (Å²) in [7, 11) is 3.32. The van der Waals surface area contributed by atoms with Crippen LogP contribution in [0.3, 0.4) is 0 Å². The van der Waals surface area contributed by atoms with Gasteiger partial charge in [0.2, 0.25) is 0 Å². The van der Waals surface area contributed by atoms with Gasteiger partial charge >= 0.3 is 0 Å². The van der Waals surface area contributed by atoms with Crippen LogP contribution in [0.2, 0.25) is 0 Å². The number of rotatable bonds is 6. The third kappa shape index (κ3) is 3.64. The van der Waals surface area contributed by atoms with Gasteiger partial charge in [0, 0.05) is 22.3 Å². The minimum Gasteiger partial charge on any atom is -0.508 e. The van der Waals surface area contributed by atoms with E-state index in [0.717, 1.165) is 57.3 Å². The van der Waals surface area contributed by atoms with Gasteiger partial charge in [-0.2, -0.15) is 0 Å². The molecule has 0 amide bonds. The van der Waals surface area contributed by atoms with Crippen molar-refractivity contribution < 1.29 is 19.0 Å². The Morgan fingerprint density at radius 2 is 1.13 bits per heavy atom. The van der Waals surface area contributed by atoms with Crippen molar-refractivity contribution in [1.82, 2.24) is 0 Å². The molecular weight excluding hydrogens is 376 g/mol. The lowest BCUT2D eigenvalue weighted by Gasteiger charge is -2.08. The molecule has 0 bridgehead atoms. The Balaban J connectivity index is 1.94. The first-order chi connectivity index (χ1) is 14.6. The summed E-state index contributed by atoms with van der Waals surface area (Å²) < 4.78 is 17.1. The summed E-state index contributed by atoms with van der Waals surface area (Å²) in [6, 6.07) is 23.0. The molecule has 4 nitrogen and oxygen atoms in total. The van der Waals surface area contributed by atoms with E-state index in [-0.39, 0.29) is 5.75 Å². The molecule has 3 aromatic carbocycles. The number of hydrogen-bond donors (Lipinski definition) is 1. The Morgan fingerprint density at radius 1 is 0.667 bits per heavy atom. The third-order valence-corrected chi connectivity index (χ3v) is 5.22. The van der Waals surface area contributed by atoms with Gasteiger partial charge in [-0.3, -0.25) is 0 Å². The fourth-order valence-electron chi connectivity index (χ4n) is 3.66. The van der Waals surface area contributed by atoms with Crippen LogP contribution < -0.4 is 9.47 Å². The van der Waals surface area contributed by atoms with Crippen molar-refractivity contribution in [2.45, 2.75) is 13.3 Å². The predicted molar refractivity (Wildman–Crippen MR) is 119 cm³/mol. The first kappa shape index (κ1) is 19.6. The molecule has 0 atom stereocenters. The van der Waals surface area contributed by atoms with E-state index in [1.165, 1.54) is 0 Å². The average Bonchev–Trinajstić information content (AvgIpc) is 3.19. The Bertz CT molecular complexity index is 1120. The van der Waals surface area contributed by atoms with Gasteiger partial charge in [-0.05, 0) is 72.6 Å². The molecule has 4 rings (SSSR count). The molecule has 0 aliphatic rings. The van der Waals surface area contributed by atoms with E-state index in [4.69, 9.17) is 13.9 Å². The Hall–Kier alpha value is -3.66. The van der Waals surface area contributed by atoms with E-state index in [2.05, 4.69) is 6.92 Å². The summed E-state index contributed by atoms with van der Waals surface area (Å²) in [4.78, 5) is 0. The summed E-state index contributed by atoms with van der Waals surface area (Å²) in [6.07, 6.45) is 0.810. The molecule has 0 aliphatic heterocycles. The lowest BCUT2D eigenvalue weighted by molar-refractivity contribution is 0.414. The molecule has 152 valence electrons. The summed E-state index contributed by atoms with van der Waals surface area (Å²) in [5, 5.41) is 9.72. The molecule has 0 unspecified atom stereocenters. The smallest absolute Gasteiger partial charge is 0.142 e. The van der Waals surface area contributed by atoms with E-state index >= 15 is 0 Å². The molecule has 0 saturated heterocycles. The molecule has 0 spiro atoms. The summed E-state index contributed by atoms with van der Waals surface area (Å²) in [5.41, 5.74) is 5.14. The lowest BCUT2D eigenvalue weighted by atomic mass is 9.94. The zero-order chi connectivity index (χ0) is 21.1. The highest BCUT2D eigenvalue weighted by Crippen LogP contribution is 2.44. The number of aromatic hydroxyl groups is 1. The van der Waals surface area contributed by atoms with Crippen molar-refractivity contribution >= 4 is 0 Å². The first-order valence-corrected chi connectivity index (χ1v) is 9.88. The zero-order valence-corrected chi connectivity index (χ0v) is 17.3. The van der Waals surface area contributed by atoms with Crippen LogP contribution >= 0.6 is 0 Å². The second-order valence-electron chi connectivity index (χ2n) is 6.97. The molecule has 0 saturated carbocycles. The van der Waals surface area contributed by atoms with Gasteiger partial charge in [-0.15, -0.1) is 0 Å². The van der Waals surface area contributed by atoms with Crippen molar-refractivity contribution in [3.8, 4) is 51.0 Å². The highest BCUT2D eigenvalue weighted by molar-refractivity contribution is 5.88. The van der Waals surface area contributed by atoms with Gasteiger partial charge in [-0.25, -0.2) is 0 Å². The number of ether oxygens (including phenoxy) is 2. The quantitative estimate of drug-likeness (QED) is 0.398. The van der Waals surface area contributed by atoms with Crippen molar-refractivity contribution in [3.63, 3.8) is 0 Å². The average molecular weight is 400 g/mol. The molecule has 30 heavy (non-hydrogen) atoms. The van der Waals surface area contributed by atoms with E-state index in [9.17, 15) is 5.11 Å². The Kier molecular flexibility index (Phi) is 5.48. The fourth-order valence-corrected chi connectivity index (χ4v) is 3.66. The van der Waals surface area contributed by atoms with Gasteiger partial charge in [0.15, 0.2) is 0 Å². The van der Waals surface area contributed by atoms with E-state index in [0.29, 0.717) is 0 Å². The maximum absolute atomic E-state index is 9.72. The predicted octanol–water partition coefficient (Wildman–Crippen LogP) is 6.57. The van der Waals surface area contributed by atoms with E-state index in [1.54, 1.807) is 26.4 Å². The first-order valence-electron chi connectivity index (χ1n) is 9.88. The lowest BCUT2D eigenvalue weighted by Crippen LogP contribution is -1.89. The Morgan fingerprint density at radius 3 is 1.63 bits per heavy atom. The number of furan rings is 1. The van der Waals surface area contributed by atoms with Crippen LogP contribution in [0.15, 0.2) is 77.2 Å². The zero-order valence-electron chi connectivity index (χ0n) is 17.3. The molecule has 0 fully saturated rings. The number of phenolic OH excluding ortho intramolecular Hbond substituents is 1. The highest BCUT2D eigenvalue weighted by atomic mass is 16.5. The van der Waals surface area contributed by atoms with Crippen LogP contribution in [0.4, 0.5) is 0 Å². The van der Waals surface area contributed by atoms with Gasteiger partial charge < -0.3 is 19.0 Å². The van der Waals surface area contributed by atoms with Gasteiger partial charge in [0.05, 0.1) is 14.2 Å². The fraction of sp³-hybridized carbons (Fsp3) is 0.154. The normalized spacial score (nSPS) is 10.8. The van der Waals surface area contributed by atoms with Gasteiger partial charge in [-0.1, -0.05) is 19.1 Å². The minimum atomic E-state index is 0.224. The van der Waals surface area contributed by atoms with Crippen molar-refractivity contribution in [2.75, 3.05) is 14.2 Å². The minimum absolute atomic E-state index is 0.224. The topological polar surface area (TPSA) is 51.8 Å². The molecule has 1 heterocycles. The molecule has 4 aromatic rings. The SMILES string of the molecule is CCc1c(-c2ccc(OC)cc2)oc(-c2ccc(O)cc2)c1-c1ccc(OC)cc1. The van der Waals surface area contributed by atoms with Crippen molar-refractivity contribution in [3.05, 3.63) is 78.4 Å². The maximum Gasteiger partial charge on any atom is 0.142 e. The standard InChI is InChI=1S/C26H24O4/c1-4-23-24(17-7-13-21(28-2)14-8-17)26(19-5-11-20(27)12-6-19)30-25(23)18-9-15-22(29-3)16-10-18/h5-16,27H,4H2,1-3H3. The molecule has 1 aromatic heterocycles. The van der Waals surface area contributed by atoms with Crippen LogP contribution in [0.25, 0.3) is 33.8 Å². The summed E-state index contributed by atoms with van der Waals surface area (Å²) >= 11 is 0. The van der Waals surface area contributed by atoms with Crippen molar-refractivity contribution in [1.29, 1.82) is 0 Å². The largest absolute Gasteiger partial charge is 0.508 e.